The Morgan fingerprint density at radius 1 is 1.52 bits per heavy atom. The van der Waals surface area contributed by atoms with Gasteiger partial charge in [-0.15, -0.1) is 0 Å². The first-order chi connectivity index (χ1) is 10.0. The van der Waals surface area contributed by atoms with E-state index in [0.29, 0.717) is 37.6 Å². The average molecular weight is 288 g/mol. The molecule has 0 aliphatic carbocycles. The molecule has 1 fully saturated rings. The minimum atomic E-state index is -0.541. The molecule has 2 rings (SSSR count). The fraction of sp³-hybridized carbons (Fsp3) is 0.600. The number of anilines is 1. The van der Waals surface area contributed by atoms with Gasteiger partial charge in [0.2, 0.25) is 0 Å². The minimum absolute atomic E-state index is 0.156. The molecule has 0 aromatic carbocycles. The van der Waals surface area contributed by atoms with E-state index in [1.807, 2.05) is 25.7 Å². The molecule has 21 heavy (non-hydrogen) atoms. The van der Waals surface area contributed by atoms with Gasteiger partial charge in [0.05, 0.1) is 12.0 Å². The first-order valence-corrected chi connectivity index (χ1v) is 7.18. The third-order valence-electron chi connectivity index (χ3n) is 4.17. The summed E-state index contributed by atoms with van der Waals surface area (Å²) < 4.78 is 5.26. The van der Waals surface area contributed by atoms with E-state index in [1.54, 1.807) is 6.20 Å². The monoisotopic (exact) mass is 288 g/mol. The second-order valence-electron chi connectivity index (χ2n) is 5.54. The van der Waals surface area contributed by atoms with Crippen LogP contribution >= 0.6 is 0 Å². The molecule has 6 nitrogen and oxygen atoms in total. The molecular weight excluding hydrogens is 268 g/mol. The normalized spacial score (nSPS) is 21.4. The molecule has 0 saturated carbocycles. The fourth-order valence-electron chi connectivity index (χ4n) is 2.80. The molecule has 0 bridgehead atoms. The number of carbonyl (C=O) groups is 1. The predicted octanol–water partition coefficient (Wildman–Crippen LogP) is 1.76. The lowest BCUT2D eigenvalue weighted by Crippen LogP contribution is -2.41. The molecular formula is C15H20N4O2. The van der Waals surface area contributed by atoms with Crippen LogP contribution in [-0.4, -0.2) is 35.6 Å². The number of esters is 1. The Balaban J connectivity index is 2.29. The van der Waals surface area contributed by atoms with Gasteiger partial charge in [0, 0.05) is 25.5 Å². The summed E-state index contributed by atoms with van der Waals surface area (Å²) in [5, 5.41) is 9.14. The fourth-order valence-corrected chi connectivity index (χ4v) is 2.80. The van der Waals surface area contributed by atoms with Gasteiger partial charge in [0.1, 0.15) is 6.07 Å². The molecule has 1 unspecified atom stereocenters. The summed E-state index contributed by atoms with van der Waals surface area (Å²) in [6.45, 7) is 7.43. The number of aromatic nitrogens is 2. The molecule has 2 heterocycles. The van der Waals surface area contributed by atoms with E-state index in [9.17, 15) is 4.79 Å². The van der Waals surface area contributed by atoms with Gasteiger partial charge >= 0.3 is 5.97 Å². The van der Waals surface area contributed by atoms with Gasteiger partial charge in [-0.1, -0.05) is 13.8 Å². The van der Waals surface area contributed by atoms with E-state index < -0.39 is 5.41 Å². The molecule has 1 aliphatic rings. The molecule has 6 heteroatoms. The van der Waals surface area contributed by atoms with E-state index in [-0.39, 0.29) is 11.9 Å². The summed E-state index contributed by atoms with van der Waals surface area (Å²) >= 11 is 0. The molecule has 1 atom stereocenters. The van der Waals surface area contributed by atoms with Crippen molar-refractivity contribution in [3.8, 4) is 6.07 Å². The van der Waals surface area contributed by atoms with Crippen molar-refractivity contribution >= 4 is 11.8 Å². The number of rotatable bonds is 4. The number of nitriles is 1. The third kappa shape index (κ3) is 2.68. The van der Waals surface area contributed by atoms with Crippen LogP contribution in [0.4, 0.5) is 5.82 Å². The maximum absolute atomic E-state index is 12.4. The Morgan fingerprint density at radius 2 is 2.24 bits per heavy atom. The summed E-state index contributed by atoms with van der Waals surface area (Å²) in [6, 6.07) is 2.05. The van der Waals surface area contributed by atoms with Crippen molar-refractivity contribution in [2.45, 2.75) is 27.2 Å². The SMILES string of the molecule is CCOC(=O)C1(C(C)C)CCN(c2nccnc2C#N)C1. The van der Waals surface area contributed by atoms with Gasteiger partial charge in [-0.3, -0.25) is 4.79 Å². The zero-order valence-electron chi connectivity index (χ0n) is 12.7. The number of hydrogen-bond acceptors (Lipinski definition) is 6. The third-order valence-corrected chi connectivity index (χ3v) is 4.17. The molecule has 1 aromatic rings. The molecule has 1 saturated heterocycles. The van der Waals surface area contributed by atoms with Crippen molar-refractivity contribution < 1.29 is 9.53 Å². The topological polar surface area (TPSA) is 79.1 Å². The number of ether oxygens (including phenoxy) is 1. The zero-order chi connectivity index (χ0) is 15.5. The Kier molecular flexibility index (Phi) is 4.41. The molecule has 0 spiro atoms. The van der Waals surface area contributed by atoms with Crippen LogP contribution in [-0.2, 0) is 9.53 Å². The molecule has 1 aromatic heterocycles. The van der Waals surface area contributed by atoms with Crippen LogP contribution in [0.1, 0.15) is 32.9 Å². The van der Waals surface area contributed by atoms with E-state index in [1.165, 1.54) is 6.20 Å². The number of hydrogen-bond donors (Lipinski definition) is 0. The van der Waals surface area contributed by atoms with E-state index in [2.05, 4.69) is 16.0 Å². The van der Waals surface area contributed by atoms with E-state index in [4.69, 9.17) is 10.00 Å². The van der Waals surface area contributed by atoms with Crippen LogP contribution in [0.25, 0.3) is 0 Å². The van der Waals surface area contributed by atoms with Gasteiger partial charge in [-0.2, -0.15) is 5.26 Å². The summed E-state index contributed by atoms with van der Waals surface area (Å²) in [5.41, 5.74) is -0.249. The Labute approximate surface area is 124 Å². The summed E-state index contributed by atoms with van der Waals surface area (Å²) in [6.07, 6.45) is 3.76. The van der Waals surface area contributed by atoms with Gasteiger partial charge < -0.3 is 9.64 Å². The number of nitrogens with zero attached hydrogens (tertiary/aromatic N) is 4. The van der Waals surface area contributed by atoms with Crippen molar-refractivity contribution in [3.05, 3.63) is 18.1 Å². The highest BCUT2D eigenvalue weighted by Gasteiger charge is 2.49. The van der Waals surface area contributed by atoms with Gasteiger partial charge in [-0.25, -0.2) is 9.97 Å². The molecule has 112 valence electrons. The maximum atomic E-state index is 12.4. The Hall–Kier alpha value is -2.16. The zero-order valence-corrected chi connectivity index (χ0v) is 12.7. The van der Waals surface area contributed by atoms with Crippen molar-refractivity contribution in [1.29, 1.82) is 5.26 Å². The van der Waals surface area contributed by atoms with Crippen LogP contribution in [0, 0.1) is 22.7 Å². The summed E-state index contributed by atoms with van der Waals surface area (Å²) in [4.78, 5) is 22.6. The summed E-state index contributed by atoms with van der Waals surface area (Å²) in [7, 11) is 0. The van der Waals surface area contributed by atoms with Gasteiger partial charge in [0.25, 0.3) is 0 Å². The quantitative estimate of drug-likeness (QED) is 0.786. The van der Waals surface area contributed by atoms with Crippen LogP contribution in [0.15, 0.2) is 12.4 Å². The first kappa shape index (κ1) is 15.2. The highest BCUT2D eigenvalue weighted by atomic mass is 16.5. The van der Waals surface area contributed by atoms with Crippen molar-refractivity contribution in [3.63, 3.8) is 0 Å². The van der Waals surface area contributed by atoms with Crippen molar-refractivity contribution in [1.82, 2.24) is 9.97 Å². The lowest BCUT2D eigenvalue weighted by molar-refractivity contribution is -0.156. The predicted molar refractivity (Wildman–Crippen MR) is 77.5 cm³/mol. The smallest absolute Gasteiger partial charge is 0.314 e. The van der Waals surface area contributed by atoms with Crippen molar-refractivity contribution in [2.75, 3.05) is 24.6 Å². The van der Waals surface area contributed by atoms with Gasteiger partial charge in [0.15, 0.2) is 11.5 Å². The van der Waals surface area contributed by atoms with Crippen LogP contribution in [0.2, 0.25) is 0 Å². The summed E-state index contributed by atoms with van der Waals surface area (Å²) in [5.74, 6) is 0.542. The van der Waals surface area contributed by atoms with Crippen LogP contribution in [0.5, 0.6) is 0 Å². The lowest BCUT2D eigenvalue weighted by atomic mass is 9.76. The number of carbonyl (C=O) groups excluding carboxylic acids is 1. The standard InChI is InChI=1S/C15H20N4O2/c1-4-21-14(20)15(11(2)3)5-8-19(10-15)13-12(9-16)17-6-7-18-13/h6-7,11H,4-5,8,10H2,1-3H3. The van der Waals surface area contributed by atoms with Crippen LogP contribution < -0.4 is 4.90 Å². The van der Waals surface area contributed by atoms with Gasteiger partial charge in [-0.05, 0) is 19.3 Å². The molecule has 0 N–H and O–H groups in total. The van der Waals surface area contributed by atoms with Crippen LogP contribution in [0.3, 0.4) is 0 Å². The maximum Gasteiger partial charge on any atom is 0.314 e. The van der Waals surface area contributed by atoms with E-state index >= 15 is 0 Å². The molecule has 1 aliphatic heterocycles. The molecule has 0 radical (unpaired) electrons. The Morgan fingerprint density at radius 3 is 2.86 bits per heavy atom. The second-order valence-corrected chi connectivity index (χ2v) is 5.54. The first-order valence-electron chi connectivity index (χ1n) is 7.18. The van der Waals surface area contributed by atoms with Crippen molar-refractivity contribution in [2.24, 2.45) is 11.3 Å². The Bertz CT molecular complexity index is 567. The largest absolute Gasteiger partial charge is 0.466 e. The average Bonchev–Trinajstić information content (AvgIpc) is 2.94. The highest BCUT2D eigenvalue weighted by molar-refractivity contribution is 5.79. The minimum Gasteiger partial charge on any atom is -0.466 e. The highest BCUT2D eigenvalue weighted by Crippen LogP contribution is 2.40. The van der Waals surface area contributed by atoms with E-state index in [0.717, 1.165) is 0 Å². The lowest BCUT2D eigenvalue weighted by Gasteiger charge is -2.31. The second kappa shape index (κ2) is 6.08. The molecule has 0 amide bonds.